The summed E-state index contributed by atoms with van der Waals surface area (Å²) >= 11 is 0. The largest absolute Gasteiger partial charge is 0.378 e. The van der Waals surface area contributed by atoms with Gasteiger partial charge >= 0.3 is 0 Å². The van der Waals surface area contributed by atoms with Crippen LogP contribution in [-0.2, 0) is 4.74 Å². The van der Waals surface area contributed by atoms with Crippen molar-refractivity contribution in [3.05, 3.63) is 53.3 Å². The van der Waals surface area contributed by atoms with Crippen molar-refractivity contribution < 1.29 is 18.3 Å². The van der Waals surface area contributed by atoms with Crippen LogP contribution in [-0.4, -0.2) is 68.0 Å². The third kappa shape index (κ3) is 4.41. The molecule has 0 unspecified atom stereocenters. The molecule has 1 N–H and O–H groups in total. The molecule has 1 aliphatic carbocycles. The van der Waals surface area contributed by atoms with Gasteiger partial charge in [-0.25, -0.2) is 13.3 Å². The van der Waals surface area contributed by atoms with Gasteiger partial charge in [0, 0.05) is 49.1 Å². The Balaban J connectivity index is 1.26. The minimum Gasteiger partial charge on any atom is -0.378 e. The molecule has 1 aromatic carbocycles. The molecule has 0 radical (unpaired) electrons. The van der Waals surface area contributed by atoms with Crippen molar-refractivity contribution in [1.29, 1.82) is 0 Å². The zero-order valence-corrected chi connectivity index (χ0v) is 20.5. The maximum absolute atomic E-state index is 13.3. The number of carbonyl (C=O) groups is 1. The van der Waals surface area contributed by atoms with Gasteiger partial charge in [-0.1, -0.05) is 6.07 Å². The number of morpholine rings is 1. The van der Waals surface area contributed by atoms with Gasteiger partial charge in [0.1, 0.15) is 0 Å². The Kier molecular flexibility index (Phi) is 5.63. The van der Waals surface area contributed by atoms with Crippen LogP contribution in [0.4, 0.5) is 20.2 Å². The van der Waals surface area contributed by atoms with Crippen LogP contribution < -0.4 is 10.2 Å². The molecule has 192 valence electrons. The summed E-state index contributed by atoms with van der Waals surface area (Å²) in [5, 5.41) is 19.8. The average molecular weight is 509 g/mol. The highest BCUT2D eigenvalue weighted by molar-refractivity contribution is 6.09. The molecule has 1 saturated heterocycles. The Morgan fingerprint density at radius 1 is 1.14 bits per heavy atom. The lowest BCUT2D eigenvalue weighted by Crippen LogP contribution is -2.38. The second-order valence-electron chi connectivity index (χ2n) is 9.66. The molecule has 4 heterocycles. The molecule has 0 spiro atoms. The first-order valence-electron chi connectivity index (χ1n) is 12.2. The van der Waals surface area contributed by atoms with E-state index in [4.69, 9.17) is 4.74 Å². The second kappa shape index (κ2) is 8.87. The molecule has 10 nitrogen and oxygen atoms in total. The van der Waals surface area contributed by atoms with Crippen molar-refractivity contribution >= 4 is 22.8 Å². The van der Waals surface area contributed by atoms with E-state index in [0.717, 1.165) is 29.9 Å². The van der Waals surface area contributed by atoms with Gasteiger partial charge in [-0.3, -0.25) is 4.79 Å². The van der Waals surface area contributed by atoms with Crippen LogP contribution >= 0.6 is 0 Å². The molecule has 0 atom stereocenters. The highest BCUT2D eigenvalue weighted by Gasteiger charge is 2.47. The number of pyridine rings is 1. The number of amides is 1. The van der Waals surface area contributed by atoms with Crippen molar-refractivity contribution in [2.75, 3.05) is 36.5 Å². The van der Waals surface area contributed by atoms with Gasteiger partial charge in [-0.05, 0) is 48.4 Å². The zero-order valence-electron chi connectivity index (χ0n) is 20.5. The number of aromatic nitrogens is 6. The lowest BCUT2D eigenvalue weighted by atomic mass is 9.89. The molecule has 1 aliphatic heterocycles. The second-order valence-corrected chi connectivity index (χ2v) is 9.66. The number of halogens is 2. The summed E-state index contributed by atoms with van der Waals surface area (Å²) in [5.41, 5.74) is 5.19. The quantitative estimate of drug-likeness (QED) is 0.439. The third-order valence-electron chi connectivity index (χ3n) is 7.01. The fourth-order valence-corrected chi connectivity index (χ4v) is 4.86. The predicted molar refractivity (Wildman–Crippen MR) is 132 cm³/mol. The van der Waals surface area contributed by atoms with Crippen molar-refractivity contribution in [2.24, 2.45) is 0 Å². The molecule has 2 fully saturated rings. The normalized spacial score (nSPS) is 17.7. The fraction of sp³-hybridized carbons (Fsp3) is 0.400. The van der Waals surface area contributed by atoms with Crippen molar-refractivity contribution in [2.45, 2.75) is 38.7 Å². The topological polar surface area (TPSA) is 102 Å². The smallest absolute Gasteiger partial charge is 0.259 e. The van der Waals surface area contributed by atoms with E-state index in [2.05, 4.69) is 30.7 Å². The molecular formula is C25H26F2N8O2. The number of rotatable bonds is 5. The summed E-state index contributed by atoms with van der Waals surface area (Å²) in [6.07, 6.45) is 2.83. The zero-order chi connectivity index (χ0) is 25.7. The van der Waals surface area contributed by atoms with E-state index in [9.17, 15) is 13.6 Å². The number of alkyl halides is 2. The van der Waals surface area contributed by atoms with Gasteiger partial charge < -0.3 is 15.0 Å². The predicted octanol–water partition coefficient (Wildman–Crippen LogP) is 3.66. The van der Waals surface area contributed by atoms with Gasteiger partial charge in [-0.2, -0.15) is 9.90 Å². The first-order chi connectivity index (χ1) is 17.8. The summed E-state index contributed by atoms with van der Waals surface area (Å²) in [5.74, 6) is -2.63. The van der Waals surface area contributed by atoms with E-state index < -0.39 is 12.0 Å². The van der Waals surface area contributed by atoms with Crippen molar-refractivity contribution in [3.63, 3.8) is 0 Å². The van der Waals surface area contributed by atoms with Crippen LogP contribution in [0.5, 0.6) is 0 Å². The van der Waals surface area contributed by atoms with Gasteiger partial charge in [0.05, 0.1) is 36.5 Å². The SMILES string of the molecule is Cc1cc(C)c(-c2nnn(C3CC(F)(F)C3)n2)cc1NC(=O)c1cnn2ccc(N3CCOCC3)cc12. The van der Waals surface area contributed by atoms with Crippen LogP contribution in [0.15, 0.2) is 36.7 Å². The molecule has 1 amide bonds. The van der Waals surface area contributed by atoms with Crippen LogP contribution in [0, 0.1) is 13.8 Å². The van der Waals surface area contributed by atoms with E-state index in [1.165, 1.54) is 4.80 Å². The number of ether oxygens (including phenoxy) is 1. The van der Waals surface area contributed by atoms with Gasteiger partial charge in [-0.15, -0.1) is 10.2 Å². The summed E-state index contributed by atoms with van der Waals surface area (Å²) in [7, 11) is 0. The summed E-state index contributed by atoms with van der Waals surface area (Å²) in [4.78, 5) is 16.8. The Morgan fingerprint density at radius 3 is 2.68 bits per heavy atom. The highest BCUT2D eigenvalue weighted by atomic mass is 19.3. The molecular weight excluding hydrogens is 482 g/mol. The molecule has 6 rings (SSSR count). The van der Waals surface area contributed by atoms with Crippen LogP contribution in [0.25, 0.3) is 16.9 Å². The highest BCUT2D eigenvalue weighted by Crippen LogP contribution is 2.44. The van der Waals surface area contributed by atoms with Crippen molar-refractivity contribution in [1.82, 2.24) is 29.8 Å². The molecule has 1 saturated carbocycles. The van der Waals surface area contributed by atoms with Gasteiger partial charge in [0.2, 0.25) is 5.82 Å². The number of fused-ring (bicyclic) bond motifs is 1. The minimum atomic E-state index is -2.67. The standard InChI is InChI=1S/C25H26F2N8O2/c1-15-9-16(2)21(11-19(15)23-30-32-35(31-23)18-12-25(26,27)13-18)29-24(36)20-14-28-34-4-3-17(10-22(20)34)33-5-7-37-8-6-33/h3-4,9-11,14,18H,5-8,12-13H2,1-2H3,(H,29,36). The Labute approximate surface area is 211 Å². The minimum absolute atomic E-state index is 0.288. The number of carbonyl (C=O) groups excluding carboxylic acids is 1. The fourth-order valence-electron chi connectivity index (χ4n) is 4.86. The Morgan fingerprint density at radius 2 is 1.92 bits per heavy atom. The van der Waals surface area contributed by atoms with E-state index in [1.807, 2.05) is 38.2 Å². The molecule has 37 heavy (non-hydrogen) atoms. The molecule has 2 aliphatic rings. The van der Waals surface area contributed by atoms with E-state index in [1.54, 1.807) is 16.8 Å². The van der Waals surface area contributed by atoms with Gasteiger partial charge in [0.25, 0.3) is 11.8 Å². The van der Waals surface area contributed by atoms with Crippen LogP contribution in [0.1, 0.15) is 40.4 Å². The maximum Gasteiger partial charge on any atom is 0.259 e. The number of nitrogens with zero attached hydrogens (tertiary/aromatic N) is 7. The third-order valence-corrected chi connectivity index (χ3v) is 7.01. The van der Waals surface area contributed by atoms with E-state index >= 15 is 0 Å². The van der Waals surface area contributed by atoms with Crippen LogP contribution in [0.2, 0.25) is 0 Å². The summed E-state index contributed by atoms with van der Waals surface area (Å²) < 4.78 is 33.7. The number of hydrogen-bond donors (Lipinski definition) is 1. The maximum atomic E-state index is 13.3. The number of hydrogen-bond acceptors (Lipinski definition) is 7. The average Bonchev–Trinajstić information content (AvgIpc) is 3.52. The Hall–Kier alpha value is -3.93. The van der Waals surface area contributed by atoms with Crippen LogP contribution in [0.3, 0.4) is 0 Å². The summed E-state index contributed by atoms with van der Waals surface area (Å²) in [6, 6.07) is 7.21. The number of nitrogens with one attached hydrogen (secondary N) is 1. The number of tetrazole rings is 1. The molecule has 3 aromatic heterocycles. The van der Waals surface area contributed by atoms with Crippen molar-refractivity contribution in [3.8, 4) is 11.4 Å². The number of aryl methyl sites for hydroxylation is 2. The van der Waals surface area contributed by atoms with E-state index in [-0.39, 0.29) is 18.7 Å². The first-order valence-corrected chi connectivity index (χ1v) is 12.2. The molecule has 4 aromatic rings. The summed E-state index contributed by atoms with van der Waals surface area (Å²) in [6.45, 7) is 6.73. The first kappa shape index (κ1) is 23.5. The number of anilines is 2. The molecule has 0 bridgehead atoms. The van der Waals surface area contributed by atoms with E-state index in [0.29, 0.717) is 41.4 Å². The lowest BCUT2D eigenvalue weighted by Gasteiger charge is -2.33. The number of benzene rings is 1. The molecule has 12 heteroatoms. The van der Waals surface area contributed by atoms with Gasteiger partial charge in [0.15, 0.2) is 0 Å². The monoisotopic (exact) mass is 508 g/mol. The lowest BCUT2D eigenvalue weighted by molar-refractivity contribution is -0.110. The Bertz CT molecular complexity index is 1480.